The Balaban J connectivity index is 1.99. The van der Waals surface area contributed by atoms with Crippen LogP contribution in [0.2, 0.25) is 0 Å². The zero-order valence-electron chi connectivity index (χ0n) is 13.5. The molecule has 0 unspecified atom stereocenters. The zero-order valence-corrected chi connectivity index (χ0v) is 13.5. The number of methoxy groups -OCH3 is 1. The van der Waals surface area contributed by atoms with Crippen LogP contribution in [0.25, 0.3) is 0 Å². The van der Waals surface area contributed by atoms with Crippen LogP contribution >= 0.6 is 0 Å². The Bertz CT molecular complexity index is 491. The molecule has 1 saturated heterocycles. The number of hydrogen-bond donors (Lipinski definition) is 1. The standard InChI is InChI=1S/C17H26N2O2/c1-13(2)19-10-8-17(3,9-11-19)18-16(20)14-6-5-7-15(12-14)21-4/h5-7,12-13H,8-11H2,1-4H3,(H,18,20). The molecule has 0 spiro atoms. The normalized spacial score (nSPS) is 18.5. The van der Waals surface area contributed by atoms with E-state index in [9.17, 15) is 4.79 Å². The van der Waals surface area contributed by atoms with Crippen LogP contribution in [0.4, 0.5) is 0 Å². The molecule has 1 aliphatic rings. The van der Waals surface area contributed by atoms with Crippen LogP contribution in [-0.4, -0.2) is 42.6 Å². The van der Waals surface area contributed by atoms with E-state index >= 15 is 0 Å². The first-order valence-electron chi connectivity index (χ1n) is 7.64. The lowest BCUT2D eigenvalue weighted by Crippen LogP contribution is -2.54. The van der Waals surface area contributed by atoms with Crippen LogP contribution in [0.5, 0.6) is 5.75 Å². The summed E-state index contributed by atoms with van der Waals surface area (Å²) >= 11 is 0. The summed E-state index contributed by atoms with van der Waals surface area (Å²) in [5.74, 6) is 0.692. The third-order valence-corrected chi connectivity index (χ3v) is 4.38. The highest BCUT2D eigenvalue weighted by Crippen LogP contribution is 2.24. The SMILES string of the molecule is COc1cccc(C(=O)NC2(C)CCN(C(C)C)CC2)c1. The number of carbonyl (C=O) groups is 1. The third kappa shape index (κ3) is 3.97. The van der Waals surface area contributed by atoms with Crippen molar-refractivity contribution in [3.63, 3.8) is 0 Å². The number of ether oxygens (including phenoxy) is 1. The molecule has 1 aliphatic heterocycles. The van der Waals surface area contributed by atoms with Crippen molar-refractivity contribution < 1.29 is 9.53 Å². The summed E-state index contributed by atoms with van der Waals surface area (Å²) in [4.78, 5) is 14.9. The Morgan fingerprint density at radius 3 is 2.57 bits per heavy atom. The maximum Gasteiger partial charge on any atom is 0.251 e. The lowest BCUT2D eigenvalue weighted by molar-refractivity contribution is 0.0801. The van der Waals surface area contributed by atoms with E-state index in [0.717, 1.165) is 25.9 Å². The second-order valence-corrected chi connectivity index (χ2v) is 6.38. The Morgan fingerprint density at radius 2 is 2.00 bits per heavy atom. The molecular formula is C17H26N2O2. The van der Waals surface area contributed by atoms with Gasteiger partial charge in [0.2, 0.25) is 0 Å². The lowest BCUT2D eigenvalue weighted by atomic mass is 9.88. The molecule has 4 nitrogen and oxygen atoms in total. The Hall–Kier alpha value is -1.55. The molecule has 0 radical (unpaired) electrons. The van der Waals surface area contributed by atoms with Crippen molar-refractivity contribution in [3.05, 3.63) is 29.8 Å². The predicted molar refractivity (Wildman–Crippen MR) is 84.8 cm³/mol. The number of nitrogens with zero attached hydrogens (tertiary/aromatic N) is 1. The van der Waals surface area contributed by atoms with E-state index in [1.165, 1.54) is 0 Å². The summed E-state index contributed by atoms with van der Waals surface area (Å²) < 4.78 is 5.17. The molecule has 1 N–H and O–H groups in total. The van der Waals surface area contributed by atoms with Gasteiger partial charge in [-0.05, 0) is 51.8 Å². The molecule has 0 bridgehead atoms. The molecule has 0 aromatic heterocycles. The van der Waals surface area contributed by atoms with Crippen molar-refractivity contribution >= 4 is 5.91 Å². The molecule has 1 heterocycles. The van der Waals surface area contributed by atoms with Gasteiger partial charge in [0.15, 0.2) is 0 Å². The molecule has 0 atom stereocenters. The van der Waals surface area contributed by atoms with E-state index in [1.807, 2.05) is 18.2 Å². The van der Waals surface area contributed by atoms with Crippen molar-refractivity contribution in [3.8, 4) is 5.75 Å². The average Bonchev–Trinajstić information content (AvgIpc) is 2.47. The first kappa shape index (κ1) is 15.8. The second-order valence-electron chi connectivity index (χ2n) is 6.38. The highest BCUT2D eigenvalue weighted by atomic mass is 16.5. The third-order valence-electron chi connectivity index (χ3n) is 4.38. The Kier molecular flexibility index (Phi) is 4.88. The summed E-state index contributed by atoms with van der Waals surface area (Å²) in [6, 6.07) is 7.87. The monoisotopic (exact) mass is 290 g/mol. The number of likely N-dealkylation sites (tertiary alicyclic amines) is 1. The summed E-state index contributed by atoms with van der Waals surface area (Å²) in [6.07, 6.45) is 1.97. The van der Waals surface area contributed by atoms with Gasteiger partial charge in [-0.15, -0.1) is 0 Å². The molecule has 1 amide bonds. The largest absolute Gasteiger partial charge is 0.497 e. The number of carbonyl (C=O) groups excluding carboxylic acids is 1. The minimum atomic E-state index is -0.119. The van der Waals surface area contributed by atoms with Crippen LogP contribution in [0, 0.1) is 0 Å². The topological polar surface area (TPSA) is 41.6 Å². The first-order chi connectivity index (χ1) is 9.93. The smallest absolute Gasteiger partial charge is 0.251 e. The predicted octanol–water partition coefficient (Wildman–Crippen LogP) is 2.69. The highest BCUT2D eigenvalue weighted by molar-refractivity contribution is 5.95. The summed E-state index contributed by atoms with van der Waals surface area (Å²) in [5.41, 5.74) is 0.535. The van der Waals surface area contributed by atoms with Crippen LogP contribution in [0.3, 0.4) is 0 Å². The molecule has 116 valence electrons. The molecule has 4 heteroatoms. The summed E-state index contributed by atoms with van der Waals surface area (Å²) in [6.45, 7) is 8.65. The van der Waals surface area contributed by atoms with Crippen molar-refractivity contribution in [2.45, 2.75) is 45.2 Å². The number of benzene rings is 1. The fourth-order valence-corrected chi connectivity index (χ4v) is 2.77. The summed E-state index contributed by atoms with van der Waals surface area (Å²) in [5, 5.41) is 3.20. The van der Waals surface area contributed by atoms with Gasteiger partial charge in [0.05, 0.1) is 7.11 Å². The quantitative estimate of drug-likeness (QED) is 0.927. The molecule has 1 aromatic carbocycles. The maximum atomic E-state index is 12.4. The highest BCUT2D eigenvalue weighted by Gasteiger charge is 2.32. The number of amides is 1. The van der Waals surface area contributed by atoms with Gasteiger partial charge in [-0.25, -0.2) is 0 Å². The Labute approximate surface area is 127 Å². The van der Waals surface area contributed by atoms with Gasteiger partial charge in [-0.2, -0.15) is 0 Å². The molecule has 2 rings (SSSR count). The van der Waals surface area contributed by atoms with E-state index in [1.54, 1.807) is 13.2 Å². The second kappa shape index (κ2) is 6.48. The van der Waals surface area contributed by atoms with Gasteiger partial charge < -0.3 is 15.0 Å². The van der Waals surface area contributed by atoms with Gasteiger partial charge in [0.1, 0.15) is 5.75 Å². The molecule has 21 heavy (non-hydrogen) atoms. The van der Waals surface area contributed by atoms with Crippen molar-refractivity contribution in [2.24, 2.45) is 0 Å². The van der Waals surface area contributed by atoms with E-state index in [4.69, 9.17) is 4.74 Å². The van der Waals surface area contributed by atoms with E-state index < -0.39 is 0 Å². The fraction of sp³-hybridized carbons (Fsp3) is 0.588. The van der Waals surface area contributed by atoms with E-state index in [2.05, 4.69) is 31.0 Å². The van der Waals surface area contributed by atoms with Gasteiger partial charge in [-0.1, -0.05) is 6.07 Å². The number of nitrogens with one attached hydrogen (secondary N) is 1. The molecule has 1 fully saturated rings. The fourth-order valence-electron chi connectivity index (χ4n) is 2.77. The zero-order chi connectivity index (χ0) is 15.5. The maximum absolute atomic E-state index is 12.4. The van der Waals surface area contributed by atoms with Crippen LogP contribution < -0.4 is 10.1 Å². The van der Waals surface area contributed by atoms with E-state index in [-0.39, 0.29) is 11.4 Å². The number of piperidine rings is 1. The Morgan fingerprint density at radius 1 is 1.33 bits per heavy atom. The van der Waals surface area contributed by atoms with Crippen LogP contribution in [0.15, 0.2) is 24.3 Å². The van der Waals surface area contributed by atoms with E-state index in [0.29, 0.717) is 17.4 Å². The minimum absolute atomic E-state index is 0.0191. The van der Waals surface area contributed by atoms with Gasteiger partial charge >= 0.3 is 0 Å². The van der Waals surface area contributed by atoms with Crippen molar-refractivity contribution in [1.82, 2.24) is 10.2 Å². The van der Waals surface area contributed by atoms with Gasteiger partial charge in [0, 0.05) is 30.2 Å². The molecule has 0 aliphatic carbocycles. The molecule has 0 saturated carbocycles. The molecule has 1 aromatic rings. The van der Waals surface area contributed by atoms with Crippen molar-refractivity contribution in [1.29, 1.82) is 0 Å². The lowest BCUT2D eigenvalue weighted by Gasteiger charge is -2.41. The number of hydrogen-bond acceptors (Lipinski definition) is 3. The summed E-state index contributed by atoms with van der Waals surface area (Å²) in [7, 11) is 1.61. The number of rotatable bonds is 4. The molecular weight excluding hydrogens is 264 g/mol. The minimum Gasteiger partial charge on any atom is -0.497 e. The van der Waals surface area contributed by atoms with Crippen molar-refractivity contribution in [2.75, 3.05) is 20.2 Å². The van der Waals surface area contributed by atoms with Crippen LogP contribution in [-0.2, 0) is 0 Å². The van der Waals surface area contributed by atoms with Gasteiger partial charge in [0.25, 0.3) is 5.91 Å². The average molecular weight is 290 g/mol. The van der Waals surface area contributed by atoms with Gasteiger partial charge in [-0.3, -0.25) is 4.79 Å². The van der Waals surface area contributed by atoms with Crippen LogP contribution in [0.1, 0.15) is 44.0 Å². The first-order valence-corrected chi connectivity index (χ1v) is 7.64.